The number of hydrogen-bond acceptors (Lipinski definition) is 2. The van der Waals surface area contributed by atoms with Crippen LogP contribution in [-0.2, 0) is 11.2 Å². The van der Waals surface area contributed by atoms with E-state index in [4.69, 9.17) is 22.0 Å². The second kappa shape index (κ2) is 4.64. The molecule has 1 rings (SSSR count). The fraction of sp³-hybridized carbons (Fsp3) is 0.200. The molecule has 0 aliphatic carbocycles. The van der Waals surface area contributed by atoms with Crippen molar-refractivity contribution in [3.8, 4) is 6.07 Å². The molecule has 3 nitrogen and oxygen atoms in total. The number of carbonyl (C=O) groups is 1. The van der Waals surface area contributed by atoms with Crippen LogP contribution in [0.3, 0.4) is 0 Å². The molecule has 0 unspecified atom stereocenters. The normalized spacial score (nSPS) is 11.7. The molecule has 0 aromatic heterocycles. The first kappa shape index (κ1) is 10.6. The molecule has 0 aliphatic rings. The molecule has 1 atom stereocenters. The van der Waals surface area contributed by atoms with E-state index in [-0.39, 0.29) is 6.42 Å². The van der Waals surface area contributed by atoms with Gasteiger partial charge in [0.15, 0.2) is 0 Å². The van der Waals surface area contributed by atoms with E-state index in [9.17, 15) is 4.79 Å². The van der Waals surface area contributed by atoms with E-state index in [0.29, 0.717) is 10.6 Å². The summed E-state index contributed by atoms with van der Waals surface area (Å²) < 4.78 is 0. The standard InChI is InChI=1S/C10H8ClNO2/c11-9-4-2-1-3-7(9)5-8(6-12)10(13)14/h1-4,8H,5H2,(H,13,14)/t8-/m1/s1. The number of carboxylic acid groups (broad SMARTS) is 1. The van der Waals surface area contributed by atoms with Crippen LogP contribution in [0.25, 0.3) is 0 Å². The zero-order valence-electron chi connectivity index (χ0n) is 7.27. The molecule has 4 heteroatoms. The van der Waals surface area contributed by atoms with E-state index in [2.05, 4.69) is 0 Å². The summed E-state index contributed by atoms with van der Waals surface area (Å²) in [6.07, 6.45) is 0.144. The summed E-state index contributed by atoms with van der Waals surface area (Å²) in [4.78, 5) is 10.6. The minimum atomic E-state index is -1.12. The SMILES string of the molecule is N#C[C@@H](Cc1ccccc1Cl)C(=O)O. The van der Waals surface area contributed by atoms with E-state index >= 15 is 0 Å². The molecule has 0 saturated carbocycles. The van der Waals surface area contributed by atoms with Crippen molar-refractivity contribution in [2.75, 3.05) is 0 Å². The van der Waals surface area contributed by atoms with Crippen LogP contribution in [0.5, 0.6) is 0 Å². The third-order valence-corrected chi connectivity index (χ3v) is 2.20. The fourth-order valence-corrected chi connectivity index (χ4v) is 1.28. The van der Waals surface area contributed by atoms with Crippen molar-refractivity contribution in [3.63, 3.8) is 0 Å². The number of aliphatic carboxylic acids is 1. The largest absolute Gasteiger partial charge is 0.480 e. The Kier molecular flexibility index (Phi) is 3.49. The van der Waals surface area contributed by atoms with Crippen LogP contribution in [0.4, 0.5) is 0 Å². The first-order valence-electron chi connectivity index (χ1n) is 4.01. The third kappa shape index (κ3) is 2.48. The molecular formula is C10H8ClNO2. The number of hydrogen-bond donors (Lipinski definition) is 1. The molecule has 1 aromatic rings. The summed E-state index contributed by atoms with van der Waals surface area (Å²) in [6.45, 7) is 0. The van der Waals surface area contributed by atoms with Gasteiger partial charge in [-0.2, -0.15) is 5.26 Å². The quantitative estimate of drug-likeness (QED) is 0.830. The van der Waals surface area contributed by atoms with E-state index in [1.54, 1.807) is 30.3 Å². The van der Waals surface area contributed by atoms with Crippen molar-refractivity contribution in [3.05, 3.63) is 34.9 Å². The average Bonchev–Trinajstić information content (AvgIpc) is 2.16. The molecule has 1 N–H and O–H groups in total. The molecule has 0 saturated heterocycles. The highest BCUT2D eigenvalue weighted by atomic mass is 35.5. The molecule has 0 aliphatic heterocycles. The van der Waals surface area contributed by atoms with Gasteiger partial charge in [-0.1, -0.05) is 29.8 Å². The van der Waals surface area contributed by atoms with Crippen LogP contribution >= 0.6 is 11.6 Å². The predicted molar refractivity (Wildman–Crippen MR) is 51.9 cm³/mol. The van der Waals surface area contributed by atoms with Crippen LogP contribution in [0.15, 0.2) is 24.3 Å². The van der Waals surface area contributed by atoms with Gasteiger partial charge in [0.2, 0.25) is 0 Å². The fourth-order valence-electron chi connectivity index (χ4n) is 1.07. The highest BCUT2D eigenvalue weighted by Crippen LogP contribution is 2.18. The average molecular weight is 210 g/mol. The summed E-state index contributed by atoms with van der Waals surface area (Å²) in [5.41, 5.74) is 0.683. The van der Waals surface area contributed by atoms with Gasteiger partial charge in [0.1, 0.15) is 5.92 Å². The zero-order valence-corrected chi connectivity index (χ0v) is 8.03. The van der Waals surface area contributed by atoms with Gasteiger partial charge < -0.3 is 5.11 Å². The van der Waals surface area contributed by atoms with Crippen LogP contribution < -0.4 is 0 Å². The van der Waals surface area contributed by atoms with E-state index in [0.717, 1.165) is 0 Å². The van der Waals surface area contributed by atoms with E-state index in [1.165, 1.54) is 0 Å². The van der Waals surface area contributed by atoms with E-state index in [1.807, 2.05) is 0 Å². The summed E-state index contributed by atoms with van der Waals surface area (Å²) in [6, 6.07) is 8.63. The van der Waals surface area contributed by atoms with Crippen molar-refractivity contribution in [2.45, 2.75) is 6.42 Å². The minimum Gasteiger partial charge on any atom is -0.480 e. The van der Waals surface area contributed by atoms with Crippen LogP contribution in [0, 0.1) is 17.2 Å². The Morgan fingerprint density at radius 1 is 1.57 bits per heavy atom. The van der Waals surface area contributed by atoms with Crippen molar-refractivity contribution in [1.82, 2.24) is 0 Å². The monoisotopic (exact) mass is 209 g/mol. The first-order chi connectivity index (χ1) is 6.65. The van der Waals surface area contributed by atoms with Crippen molar-refractivity contribution in [2.24, 2.45) is 5.92 Å². The second-order valence-electron chi connectivity index (χ2n) is 2.82. The number of carboxylic acids is 1. The number of benzene rings is 1. The predicted octanol–water partition coefficient (Wildman–Crippen LogP) is 2.11. The zero-order chi connectivity index (χ0) is 10.6. The number of halogens is 1. The Balaban J connectivity index is 2.84. The number of nitriles is 1. The lowest BCUT2D eigenvalue weighted by Gasteiger charge is -2.05. The first-order valence-corrected chi connectivity index (χ1v) is 4.38. The smallest absolute Gasteiger partial charge is 0.321 e. The van der Waals surface area contributed by atoms with Crippen LogP contribution in [0.2, 0.25) is 5.02 Å². The Morgan fingerprint density at radius 3 is 2.71 bits per heavy atom. The number of nitrogens with zero attached hydrogens (tertiary/aromatic N) is 1. The second-order valence-corrected chi connectivity index (χ2v) is 3.22. The molecule has 0 amide bonds. The van der Waals surface area contributed by atoms with E-state index < -0.39 is 11.9 Å². The maximum absolute atomic E-state index is 10.6. The molecule has 0 spiro atoms. The lowest BCUT2D eigenvalue weighted by atomic mass is 10.0. The highest BCUT2D eigenvalue weighted by molar-refractivity contribution is 6.31. The molecule has 0 fully saturated rings. The molecule has 72 valence electrons. The van der Waals surface area contributed by atoms with Gasteiger partial charge in [0.05, 0.1) is 6.07 Å². The Morgan fingerprint density at radius 2 is 2.21 bits per heavy atom. The van der Waals surface area contributed by atoms with Crippen molar-refractivity contribution in [1.29, 1.82) is 5.26 Å². The van der Waals surface area contributed by atoms with Gasteiger partial charge in [0, 0.05) is 11.4 Å². The summed E-state index contributed by atoms with van der Waals surface area (Å²) >= 11 is 5.83. The van der Waals surface area contributed by atoms with Gasteiger partial charge in [-0.25, -0.2) is 0 Å². The molecule has 14 heavy (non-hydrogen) atoms. The Hall–Kier alpha value is -1.53. The van der Waals surface area contributed by atoms with Gasteiger partial charge in [0.25, 0.3) is 0 Å². The van der Waals surface area contributed by atoms with Gasteiger partial charge in [-0.05, 0) is 11.6 Å². The third-order valence-electron chi connectivity index (χ3n) is 1.84. The number of rotatable bonds is 3. The maximum atomic E-state index is 10.6. The van der Waals surface area contributed by atoms with Gasteiger partial charge >= 0.3 is 5.97 Å². The van der Waals surface area contributed by atoms with Crippen LogP contribution in [0.1, 0.15) is 5.56 Å². The van der Waals surface area contributed by atoms with Crippen LogP contribution in [-0.4, -0.2) is 11.1 Å². The minimum absolute atomic E-state index is 0.144. The molecule has 0 radical (unpaired) electrons. The maximum Gasteiger partial charge on any atom is 0.321 e. The van der Waals surface area contributed by atoms with Crippen molar-refractivity contribution >= 4 is 17.6 Å². The lowest BCUT2D eigenvalue weighted by Crippen LogP contribution is -2.14. The molecular weight excluding hydrogens is 202 g/mol. The van der Waals surface area contributed by atoms with Gasteiger partial charge in [-0.3, -0.25) is 4.79 Å². The molecule has 0 bridgehead atoms. The van der Waals surface area contributed by atoms with Gasteiger partial charge in [-0.15, -0.1) is 0 Å². The summed E-state index contributed by atoms with van der Waals surface area (Å²) in [5.74, 6) is -2.15. The topological polar surface area (TPSA) is 61.1 Å². The van der Waals surface area contributed by atoms with Crippen molar-refractivity contribution < 1.29 is 9.90 Å². The lowest BCUT2D eigenvalue weighted by molar-refractivity contribution is -0.139. The Bertz CT molecular complexity index is 384. The summed E-state index contributed by atoms with van der Waals surface area (Å²) in [7, 11) is 0. The molecule has 0 heterocycles. The molecule has 1 aromatic carbocycles. The highest BCUT2D eigenvalue weighted by Gasteiger charge is 2.17. The summed E-state index contributed by atoms with van der Waals surface area (Å²) in [5, 5.41) is 17.7. The Labute approximate surface area is 86.5 Å².